The summed E-state index contributed by atoms with van der Waals surface area (Å²) in [4.78, 5) is 39.1. The van der Waals surface area contributed by atoms with Crippen molar-refractivity contribution in [2.75, 3.05) is 0 Å². The van der Waals surface area contributed by atoms with E-state index in [0.29, 0.717) is 50.1 Å². The van der Waals surface area contributed by atoms with Gasteiger partial charge in [0.15, 0.2) is 11.6 Å². The van der Waals surface area contributed by atoms with Crippen molar-refractivity contribution in [1.82, 2.24) is 24.6 Å². The number of thiophene rings is 1. The molecule has 9 nitrogen and oxygen atoms in total. The summed E-state index contributed by atoms with van der Waals surface area (Å²) < 4.78 is 16.7. The fraction of sp³-hybridized carbons (Fsp3) is 0.179. The normalized spacial score (nSPS) is 11.2. The molecule has 0 aliphatic rings. The molecular weight excluding hydrogens is 557 g/mol. The first-order chi connectivity index (χ1) is 19.2. The number of aryl methyl sites for hydroxylation is 2. The van der Waals surface area contributed by atoms with Crippen LogP contribution in [0.1, 0.15) is 49.9 Å². The van der Waals surface area contributed by atoms with Crippen molar-refractivity contribution in [3.8, 4) is 5.00 Å². The molecule has 12 heteroatoms. The molecule has 0 unspecified atom stereocenters. The highest BCUT2D eigenvalue weighted by Gasteiger charge is 2.24. The summed E-state index contributed by atoms with van der Waals surface area (Å²) in [6.45, 7) is 3.05. The minimum atomic E-state index is -1.40. The molecule has 0 saturated heterocycles. The highest BCUT2D eigenvalue weighted by atomic mass is 35.5. The molecular formula is C28H22ClFN5O4S-. The fourth-order valence-electron chi connectivity index (χ4n) is 4.49. The van der Waals surface area contributed by atoms with Crippen LogP contribution in [-0.4, -0.2) is 37.0 Å². The second kappa shape index (κ2) is 11.0. The van der Waals surface area contributed by atoms with E-state index in [2.05, 4.69) is 15.5 Å². The number of aliphatic carboxylic acids is 1. The average Bonchev–Trinajstić information content (AvgIpc) is 3.61. The SMILES string of the molecule is CCc1cc(C(=O)c2ccccc2Cl)c(-n2c(C)nnc2CNC(=O)c2cc3cc(F)ccc3n2CC(=O)[O-])s1. The molecule has 40 heavy (non-hydrogen) atoms. The van der Waals surface area contributed by atoms with Gasteiger partial charge in [-0.15, -0.1) is 21.5 Å². The first-order valence-electron chi connectivity index (χ1n) is 12.3. The van der Waals surface area contributed by atoms with Crippen molar-refractivity contribution >= 4 is 51.5 Å². The number of rotatable bonds is 9. The Morgan fingerprint density at radius 2 is 1.85 bits per heavy atom. The minimum Gasteiger partial charge on any atom is -0.548 e. The summed E-state index contributed by atoms with van der Waals surface area (Å²) in [6.07, 6.45) is 0.699. The van der Waals surface area contributed by atoms with E-state index in [9.17, 15) is 23.9 Å². The maximum absolute atomic E-state index is 13.8. The van der Waals surface area contributed by atoms with Crippen LogP contribution in [0, 0.1) is 12.7 Å². The van der Waals surface area contributed by atoms with Crippen LogP contribution in [0.25, 0.3) is 15.9 Å². The number of carboxylic acids is 1. The monoisotopic (exact) mass is 578 g/mol. The molecule has 0 fully saturated rings. The van der Waals surface area contributed by atoms with Crippen LogP contribution >= 0.6 is 22.9 Å². The molecule has 0 aliphatic heterocycles. The molecule has 0 atom stereocenters. The zero-order valence-electron chi connectivity index (χ0n) is 21.4. The fourth-order valence-corrected chi connectivity index (χ4v) is 5.87. The van der Waals surface area contributed by atoms with Gasteiger partial charge in [-0.1, -0.05) is 30.7 Å². The topological polar surface area (TPSA) is 122 Å². The lowest BCUT2D eigenvalue weighted by atomic mass is 10.0. The van der Waals surface area contributed by atoms with Crippen molar-refractivity contribution in [3.05, 3.63) is 98.8 Å². The molecule has 0 saturated carbocycles. The van der Waals surface area contributed by atoms with Gasteiger partial charge in [0.1, 0.15) is 22.3 Å². The van der Waals surface area contributed by atoms with E-state index in [0.717, 1.165) is 4.88 Å². The molecule has 0 aliphatic carbocycles. The van der Waals surface area contributed by atoms with E-state index in [-0.39, 0.29) is 18.0 Å². The van der Waals surface area contributed by atoms with Crippen molar-refractivity contribution in [1.29, 1.82) is 0 Å². The zero-order valence-corrected chi connectivity index (χ0v) is 23.0. The van der Waals surface area contributed by atoms with E-state index in [4.69, 9.17) is 11.6 Å². The Morgan fingerprint density at radius 3 is 2.58 bits per heavy atom. The van der Waals surface area contributed by atoms with Crippen LogP contribution in [0.4, 0.5) is 4.39 Å². The minimum absolute atomic E-state index is 0.0200. The lowest BCUT2D eigenvalue weighted by molar-refractivity contribution is -0.306. The number of aromatic nitrogens is 4. The largest absolute Gasteiger partial charge is 0.548 e. The van der Waals surface area contributed by atoms with Gasteiger partial charge in [0.05, 0.1) is 29.6 Å². The number of carboxylic acid groups (broad SMARTS) is 1. The molecule has 2 aromatic carbocycles. The third-order valence-electron chi connectivity index (χ3n) is 6.36. The molecule has 0 bridgehead atoms. The molecule has 1 N–H and O–H groups in total. The Labute approximate surface area is 236 Å². The van der Waals surface area contributed by atoms with Gasteiger partial charge < -0.3 is 19.8 Å². The Hall–Kier alpha value is -4.35. The smallest absolute Gasteiger partial charge is 0.268 e. The second-order valence-corrected chi connectivity index (χ2v) is 10.5. The molecule has 3 heterocycles. The Balaban J connectivity index is 1.48. The lowest BCUT2D eigenvalue weighted by Crippen LogP contribution is -2.31. The standard InChI is InChI=1S/C28H23ClFN5O4S/c1-3-18-12-20(26(38)19-6-4-5-7-21(19)29)28(40-18)35-15(2)32-33-24(35)13-31-27(39)23-11-16-10-17(30)8-9-22(16)34(23)14-25(36)37/h4-12H,3,13-14H2,1-2H3,(H,31,39)(H,36,37)/p-1. The summed E-state index contributed by atoms with van der Waals surface area (Å²) >= 11 is 7.73. The number of nitrogens with zero attached hydrogens (tertiary/aromatic N) is 4. The molecule has 5 rings (SSSR count). The van der Waals surface area contributed by atoms with E-state index >= 15 is 0 Å². The average molecular weight is 579 g/mol. The highest BCUT2D eigenvalue weighted by molar-refractivity contribution is 7.15. The van der Waals surface area contributed by atoms with Gasteiger partial charge in [0.2, 0.25) is 0 Å². The lowest BCUT2D eigenvalue weighted by Gasteiger charge is -2.13. The number of benzene rings is 2. The molecule has 0 spiro atoms. The van der Waals surface area contributed by atoms with Crippen molar-refractivity contribution in [2.24, 2.45) is 0 Å². The third-order valence-corrected chi connectivity index (χ3v) is 7.95. The Bertz CT molecular complexity index is 1790. The molecule has 1 amide bonds. The first kappa shape index (κ1) is 27.2. The third kappa shape index (κ3) is 5.13. The number of carbonyl (C=O) groups is 3. The van der Waals surface area contributed by atoms with Gasteiger partial charge in [0, 0.05) is 21.3 Å². The Morgan fingerprint density at radius 1 is 1.07 bits per heavy atom. The van der Waals surface area contributed by atoms with Crippen molar-refractivity contribution in [2.45, 2.75) is 33.4 Å². The number of ketones is 1. The van der Waals surface area contributed by atoms with Crippen molar-refractivity contribution in [3.63, 3.8) is 0 Å². The number of hydrogen-bond donors (Lipinski definition) is 1. The maximum atomic E-state index is 13.8. The number of carbonyl (C=O) groups excluding carboxylic acids is 3. The number of fused-ring (bicyclic) bond motifs is 1. The van der Waals surface area contributed by atoms with Crippen LogP contribution in [0.2, 0.25) is 5.02 Å². The number of halogens is 2. The summed E-state index contributed by atoms with van der Waals surface area (Å²) in [5.41, 5.74) is 1.19. The second-order valence-electron chi connectivity index (χ2n) is 8.97. The van der Waals surface area contributed by atoms with E-state index in [1.165, 1.54) is 40.2 Å². The van der Waals surface area contributed by atoms with Gasteiger partial charge in [0.25, 0.3) is 5.91 Å². The van der Waals surface area contributed by atoms with Crippen LogP contribution in [-0.2, 0) is 24.3 Å². The van der Waals surface area contributed by atoms with Crippen LogP contribution < -0.4 is 10.4 Å². The molecule has 204 valence electrons. The quantitative estimate of drug-likeness (QED) is 0.265. The van der Waals surface area contributed by atoms with Gasteiger partial charge >= 0.3 is 0 Å². The zero-order chi connectivity index (χ0) is 28.6. The summed E-state index contributed by atoms with van der Waals surface area (Å²) in [6, 6.07) is 13.9. The van der Waals surface area contributed by atoms with Gasteiger partial charge in [-0.05, 0) is 55.8 Å². The highest BCUT2D eigenvalue weighted by Crippen LogP contribution is 2.32. The maximum Gasteiger partial charge on any atom is 0.268 e. The Kier molecular flexibility index (Phi) is 7.51. The van der Waals surface area contributed by atoms with Crippen molar-refractivity contribution < 1.29 is 23.9 Å². The molecule has 3 aromatic heterocycles. The van der Waals surface area contributed by atoms with E-state index < -0.39 is 24.2 Å². The summed E-state index contributed by atoms with van der Waals surface area (Å²) in [5.74, 6) is -1.90. The first-order valence-corrected chi connectivity index (χ1v) is 13.5. The molecule has 5 aromatic rings. The molecule has 0 radical (unpaired) electrons. The van der Waals surface area contributed by atoms with Gasteiger partial charge in [-0.3, -0.25) is 14.2 Å². The summed E-state index contributed by atoms with van der Waals surface area (Å²) in [5, 5.41) is 23.8. The predicted molar refractivity (Wildman–Crippen MR) is 146 cm³/mol. The summed E-state index contributed by atoms with van der Waals surface area (Å²) in [7, 11) is 0. The van der Waals surface area contributed by atoms with Gasteiger partial charge in [-0.2, -0.15) is 0 Å². The predicted octanol–water partition coefficient (Wildman–Crippen LogP) is 3.86. The van der Waals surface area contributed by atoms with Crippen LogP contribution in [0.3, 0.4) is 0 Å². The van der Waals surface area contributed by atoms with Crippen LogP contribution in [0.5, 0.6) is 0 Å². The van der Waals surface area contributed by atoms with Crippen LogP contribution in [0.15, 0.2) is 54.6 Å². The number of amides is 1. The van der Waals surface area contributed by atoms with E-state index in [1.54, 1.807) is 35.8 Å². The number of hydrogen-bond acceptors (Lipinski definition) is 7. The number of nitrogens with one attached hydrogen (secondary N) is 1. The van der Waals surface area contributed by atoms with Gasteiger partial charge in [-0.25, -0.2) is 4.39 Å². The van der Waals surface area contributed by atoms with E-state index in [1.807, 2.05) is 13.0 Å².